The van der Waals surface area contributed by atoms with E-state index in [1.54, 1.807) is 11.8 Å². The van der Waals surface area contributed by atoms with Crippen molar-refractivity contribution in [3.05, 3.63) is 54.1 Å². The largest absolute Gasteiger partial charge is 0.457 e. The van der Waals surface area contributed by atoms with Crippen molar-refractivity contribution in [2.45, 2.75) is 25.2 Å². The lowest BCUT2D eigenvalue weighted by atomic mass is 10.0. The fourth-order valence-corrected chi connectivity index (χ4v) is 2.35. The molecule has 0 aliphatic carbocycles. The van der Waals surface area contributed by atoms with E-state index in [1.807, 2.05) is 24.3 Å². The maximum Gasteiger partial charge on any atom is 0.127 e. The molecule has 0 fully saturated rings. The zero-order chi connectivity index (χ0) is 13.7. The van der Waals surface area contributed by atoms with Crippen LogP contribution in [-0.4, -0.2) is 6.26 Å². The fourth-order valence-electron chi connectivity index (χ4n) is 1.94. The van der Waals surface area contributed by atoms with Gasteiger partial charge in [-0.15, -0.1) is 11.8 Å². The molecule has 0 atom stereocenters. The van der Waals surface area contributed by atoms with Crippen LogP contribution in [0.25, 0.3) is 0 Å². The van der Waals surface area contributed by atoms with Gasteiger partial charge in [-0.25, -0.2) is 0 Å². The summed E-state index contributed by atoms with van der Waals surface area (Å²) in [5.41, 5.74) is 1.36. The van der Waals surface area contributed by atoms with Gasteiger partial charge in [0.1, 0.15) is 11.5 Å². The van der Waals surface area contributed by atoms with E-state index in [0.29, 0.717) is 5.92 Å². The van der Waals surface area contributed by atoms with Crippen LogP contribution in [0, 0.1) is 5.92 Å². The van der Waals surface area contributed by atoms with Crippen molar-refractivity contribution in [2.75, 3.05) is 6.26 Å². The minimum atomic E-state index is 0.686. The first-order valence-electron chi connectivity index (χ1n) is 6.58. The van der Waals surface area contributed by atoms with Gasteiger partial charge in [0.15, 0.2) is 0 Å². The standard InChI is InChI=1S/C17H20OS/c1-13(2)12-14-4-6-15(7-5-14)18-16-8-10-17(19-3)11-9-16/h4-11,13H,12H2,1-3H3. The summed E-state index contributed by atoms with van der Waals surface area (Å²) in [7, 11) is 0. The minimum Gasteiger partial charge on any atom is -0.457 e. The van der Waals surface area contributed by atoms with Crippen molar-refractivity contribution in [3.63, 3.8) is 0 Å². The van der Waals surface area contributed by atoms with Gasteiger partial charge in [-0.1, -0.05) is 26.0 Å². The predicted octanol–water partition coefficient (Wildman–Crippen LogP) is 5.40. The number of hydrogen-bond donors (Lipinski definition) is 0. The lowest BCUT2D eigenvalue weighted by molar-refractivity contribution is 0.482. The first-order chi connectivity index (χ1) is 9.17. The molecule has 0 aliphatic heterocycles. The first kappa shape index (κ1) is 14.0. The van der Waals surface area contributed by atoms with E-state index in [1.165, 1.54) is 10.5 Å². The molecule has 0 radical (unpaired) electrons. The molecule has 2 rings (SSSR count). The molecule has 0 amide bonds. The normalized spacial score (nSPS) is 10.7. The van der Waals surface area contributed by atoms with Crippen LogP contribution in [0.1, 0.15) is 19.4 Å². The Balaban J connectivity index is 2.02. The van der Waals surface area contributed by atoms with Gasteiger partial charge < -0.3 is 4.74 Å². The van der Waals surface area contributed by atoms with Gasteiger partial charge in [-0.2, -0.15) is 0 Å². The van der Waals surface area contributed by atoms with Crippen molar-refractivity contribution in [3.8, 4) is 11.5 Å². The van der Waals surface area contributed by atoms with Gasteiger partial charge in [0.25, 0.3) is 0 Å². The Kier molecular flexibility index (Phi) is 4.92. The highest BCUT2D eigenvalue weighted by atomic mass is 32.2. The van der Waals surface area contributed by atoms with Crippen LogP contribution < -0.4 is 4.74 Å². The van der Waals surface area contributed by atoms with Crippen LogP contribution in [-0.2, 0) is 6.42 Å². The average molecular weight is 272 g/mol. The maximum atomic E-state index is 5.83. The Morgan fingerprint density at radius 1 is 0.895 bits per heavy atom. The van der Waals surface area contributed by atoms with Crippen LogP contribution in [0.3, 0.4) is 0 Å². The van der Waals surface area contributed by atoms with Gasteiger partial charge in [0.05, 0.1) is 0 Å². The second kappa shape index (κ2) is 6.67. The Morgan fingerprint density at radius 3 is 1.89 bits per heavy atom. The lowest BCUT2D eigenvalue weighted by Crippen LogP contribution is -1.93. The van der Waals surface area contributed by atoms with Gasteiger partial charge in [-0.05, 0) is 60.6 Å². The lowest BCUT2D eigenvalue weighted by Gasteiger charge is -2.08. The summed E-state index contributed by atoms with van der Waals surface area (Å²) in [5.74, 6) is 2.46. The molecule has 0 aromatic heterocycles. The minimum absolute atomic E-state index is 0.686. The van der Waals surface area contributed by atoms with Crippen molar-refractivity contribution < 1.29 is 4.74 Å². The second-order valence-corrected chi connectivity index (χ2v) is 5.90. The fraction of sp³-hybridized carbons (Fsp3) is 0.294. The molecule has 19 heavy (non-hydrogen) atoms. The third-order valence-electron chi connectivity index (χ3n) is 2.86. The van der Waals surface area contributed by atoms with Crippen molar-refractivity contribution in [1.82, 2.24) is 0 Å². The van der Waals surface area contributed by atoms with E-state index in [-0.39, 0.29) is 0 Å². The zero-order valence-corrected chi connectivity index (χ0v) is 12.5. The zero-order valence-electron chi connectivity index (χ0n) is 11.7. The molecule has 0 bridgehead atoms. The molecular formula is C17H20OS. The van der Waals surface area contributed by atoms with Gasteiger partial charge >= 0.3 is 0 Å². The molecule has 2 aromatic rings. The summed E-state index contributed by atoms with van der Waals surface area (Å²) in [6.07, 6.45) is 3.19. The predicted molar refractivity (Wildman–Crippen MR) is 83.3 cm³/mol. The first-order valence-corrected chi connectivity index (χ1v) is 7.80. The van der Waals surface area contributed by atoms with Crippen molar-refractivity contribution in [2.24, 2.45) is 5.92 Å². The third-order valence-corrected chi connectivity index (χ3v) is 3.61. The van der Waals surface area contributed by atoms with Gasteiger partial charge in [0, 0.05) is 4.90 Å². The van der Waals surface area contributed by atoms with E-state index < -0.39 is 0 Å². The van der Waals surface area contributed by atoms with E-state index in [2.05, 4.69) is 44.4 Å². The molecular weight excluding hydrogens is 252 g/mol. The molecule has 2 aromatic carbocycles. The highest BCUT2D eigenvalue weighted by Gasteiger charge is 2.00. The molecule has 1 nitrogen and oxygen atoms in total. The monoisotopic (exact) mass is 272 g/mol. The van der Waals surface area contributed by atoms with Crippen LogP contribution in [0.5, 0.6) is 11.5 Å². The summed E-state index contributed by atoms with van der Waals surface area (Å²) < 4.78 is 5.83. The maximum absolute atomic E-state index is 5.83. The smallest absolute Gasteiger partial charge is 0.127 e. The molecule has 0 spiro atoms. The summed E-state index contributed by atoms with van der Waals surface area (Å²) in [6, 6.07) is 16.5. The summed E-state index contributed by atoms with van der Waals surface area (Å²) in [6.45, 7) is 4.47. The SMILES string of the molecule is CSc1ccc(Oc2ccc(CC(C)C)cc2)cc1. The molecule has 0 saturated carbocycles. The molecule has 2 heteroatoms. The Morgan fingerprint density at radius 2 is 1.42 bits per heavy atom. The molecule has 0 saturated heterocycles. The molecule has 0 aliphatic rings. The van der Waals surface area contributed by atoms with Gasteiger partial charge in [-0.3, -0.25) is 0 Å². The van der Waals surface area contributed by atoms with E-state index >= 15 is 0 Å². The van der Waals surface area contributed by atoms with Crippen LogP contribution >= 0.6 is 11.8 Å². The summed E-state index contributed by atoms with van der Waals surface area (Å²) >= 11 is 1.74. The third kappa shape index (κ3) is 4.32. The van der Waals surface area contributed by atoms with E-state index in [9.17, 15) is 0 Å². The molecule has 0 N–H and O–H groups in total. The molecule has 100 valence electrons. The Bertz CT molecular complexity index is 500. The number of hydrogen-bond acceptors (Lipinski definition) is 2. The van der Waals surface area contributed by atoms with Crippen molar-refractivity contribution in [1.29, 1.82) is 0 Å². The summed E-state index contributed by atoms with van der Waals surface area (Å²) in [5, 5.41) is 0. The van der Waals surface area contributed by atoms with E-state index in [4.69, 9.17) is 4.74 Å². The average Bonchev–Trinajstić information content (AvgIpc) is 2.41. The highest BCUT2D eigenvalue weighted by molar-refractivity contribution is 7.98. The van der Waals surface area contributed by atoms with Crippen LogP contribution in [0.15, 0.2) is 53.4 Å². The molecule has 0 unspecified atom stereocenters. The highest BCUT2D eigenvalue weighted by Crippen LogP contribution is 2.24. The quantitative estimate of drug-likeness (QED) is 0.674. The van der Waals surface area contributed by atoms with Gasteiger partial charge in [0.2, 0.25) is 0 Å². The Hall–Kier alpha value is -1.41. The van der Waals surface area contributed by atoms with Crippen LogP contribution in [0.4, 0.5) is 0 Å². The van der Waals surface area contributed by atoms with Crippen LogP contribution in [0.2, 0.25) is 0 Å². The number of benzene rings is 2. The number of ether oxygens (including phenoxy) is 1. The topological polar surface area (TPSA) is 9.23 Å². The number of thioether (sulfide) groups is 1. The summed E-state index contributed by atoms with van der Waals surface area (Å²) in [4.78, 5) is 1.25. The Labute approximate surface area is 120 Å². The second-order valence-electron chi connectivity index (χ2n) is 5.02. The molecule has 0 heterocycles. The van der Waals surface area contributed by atoms with E-state index in [0.717, 1.165) is 17.9 Å². The van der Waals surface area contributed by atoms with Crippen molar-refractivity contribution >= 4 is 11.8 Å². The number of rotatable bonds is 5.